The molecule has 1 aliphatic heterocycles. The molecular weight excluding hydrogens is 479 g/mol. The molecule has 0 bridgehead atoms. The number of rotatable bonds is 3. The molecule has 35 heavy (non-hydrogen) atoms. The fourth-order valence-corrected chi connectivity index (χ4v) is 4.36. The molecule has 3 aromatic rings. The van der Waals surface area contributed by atoms with E-state index in [4.69, 9.17) is 0 Å². The van der Waals surface area contributed by atoms with Crippen molar-refractivity contribution >= 4 is 34.3 Å². The van der Waals surface area contributed by atoms with Crippen LogP contribution in [-0.4, -0.2) is 16.2 Å². The van der Waals surface area contributed by atoms with Gasteiger partial charge in [0.25, 0.3) is 5.91 Å². The summed E-state index contributed by atoms with van der Waals surface area (Å²) in [4.78, 5) is 13.1. The SMILES string of the molecule is CCn1c(C)c(/C=C2/C(=O)N(c3c(F)c(F)c(C(F)(F)F)c(F)c3F)N=C2C)c2cccc(C)c21. The zero-order valence-electron chi connectivity index (χ0n) is 18.9. The van der Waals surface area contributed by atoms with Gasteiger partial charge in [0.1, 0.15) is 11.3 Å². The number of carbonyl (C=O) groups is 1. The van der Waals surface area contributed by atoms with Gasteiger partial charge in [-0.1, -0.05) is 18.2 Å². The summed E-state index contributed by atoms with van der Waals surface area (Å²) in [6.45, 7) is 7.61. The van der Waals surface area contributed by atoms with Gasteiger partial charge in [0.2, 0.25) is 0 Å². The van der Waals surface area contributed by atoms with Gasteiger partial charge in [0, 0.05) is 23.2 Å². The first-order chi connectivity index (χ1) is 16.3. The number of aromatic nitrogens is 1. The fourth-order valence-electron chi connectivity index (χ4n) is 4.36. The van der Waals surface area contributed by atoms with Gasteiger partial charge in [0.15, 0.2) is 23.3 Å². The molecule has 0 spiro atoms. The standard InChI is InChI=1S/C24H18F7N3O/c1-5-33-12(4)15(13-8-6-7-10(2)21(13)33)9-14-11(3)32-34(23(14)35)22-19(27)17(25)16(24(29,30)31)18(26)20(22)28/h6-9H,5H2,1-4H3/b14-9+. The summed E-state index contributed by atoms with van der Waals surface area (Å²) in [6.07, 6.45) is -4.26. The number of carbonyl (C=O) groups excluding carboxylic acids is 1. The molecule has 1 aromatic heterocycles. The van der Waals surface area contributed by atoms with E-state index in [1.807, 2.05) is 43.5 Å². The maximum Gasteiger partial charge on any atom is 0.422 e. The van der Waals surface area contributed by atoms with Crippen LogP contribution >= 0.6 is 0 Å². The number of aryl methyl sites for hydroxylation is 2. The van der Waals surface area contributed by atoms with Crippen molar-refractivity contribution in [3.05, 3.63) is 69.4 Å². The minimum atomic E-state index is -5.70. The van der Waals surface area contributed by atoms with Gasteiger partial charge in [0.05, 0.1) is 16.8 Å². The number of halogens is 7. The number of nitrogens with zero attached hydrogens (tertiary/aromatic N) is 3. The molecule has 0 fully saturated rings. The zero-order valence-corrected chi connectivity index (χ0v) is 18.9. The molecule has 0 atom stereocenters. The third-order valence-electron chi connectivity index (χ3n) is 6.00. The predicted octanol–water partition coefficient (Wildman–Crippen LogP) is 6.66. The summed E-state index contributed by atoms with van der Waals surface area (Å²) in [5.74, 6) is -11.2. The zero-order chi connectivity index (χ0) is 26.0. The summed E-state index contributed by atoms with van der Waals surface area (Å²) >= 11 is 0. The summed E-state index contributed by atoms with van der Waals surface area (Å²) in [6, 6.07) is 5.57. The Hall–Kier alpha value is -3.63. The van der Waals surface area contributed by atoms with E-state index < -0.39 is 46.6 Å². The smallest absolute Gasteiger partial charge is 0.344 e. The second-order valence-electron chi connectivity index (χ2n) is 8.05. The van der Waals surface area contributed by atoms with Crippen LogP contribution in [0.2, 0.25) is 0 Å². The first-order valence-corrected chi connectivity index (χ1v) is 10.4. The van der Waals surface area contributed by atoms with E-state index in [0.717, 1.165) is 22.2 Å². The van der Waals surface area contributed by atoms with Gasteiger partial charge < -0.3 is 4.57 Å². The number of benzene rings is 2. The molecule has 2 heterocycles. The highest BCUT2D eigenvalue weighted by atomic mass is 19.4. The summed E-state index contributed by atoms with van der Waals surface area (Å²) in [5.41, 5.74) is -1.27. The molecule has 0 saturated carbocycles. The molecule has 0 radical (unpaired) electrons. The third-order valence-corrected chi connectivity index (χ3v) is 6.00. The van der Waals surface area contributed by atoms with Crippen LogP contribution in [-0.2, 0) is 17.5 Å². The third kappa shape index (κ3) is 3.60. The van der Waals surface area contributed by atoms with Crippen molar-refractivity contribution in [2.24, 2.45) is 5.10 Å². The molecule has 0 aliphatic carbocycles. The van der Waals surface area contributed by atoms with Crippen LogP contribution in [0.3, 0.4) is 0 Å². The van der Waals surface area contributed by atoms with Gasteiger partial charge in [-0.25, -0.2) is 17.6 Å². The van der Waals surface area contributed by atoms with Gasteiger partial charge >= 0.3 is 6.18 Å². The second kappa shape index (κ2) is 8.24. The normalized spacial score (nSPS) is 15.6. The molecule has 11 heteroatoms. The van der Waals surface area contributed by atoms with Crippen LogP contribution in [0, 0.1) is 37.1 Å². The lowest BCUT2D eigenvalue weighted by atomic mass is 10.0. The Bertz CT molecular complexity index is 1440. The molecule has 4 rings (SSSR count). The number of fused-ring (bicyclic) bond motifs is 1. The number of hydrogen-bond donors (Lipinski definition) is 0. The molecule has 2 aromatic carbocycles. The number of anilines is 1. The molecule has 1 aliphatic rings. The van der Waals surface area contributed by atoms with Gasteiger partial charge in [-0.15, -0.1) is 0 Å². The van der Waals surface area contributed by atoms with Crippen molar-refractivity contribution in [3.8, 4) is 0 Å². The number of alkyl halides is 3. The fraction of sp³-hybridized carbons (Fsp3) is 0.250. The maximum atomic E-state index is 14.5. The van der Waals surface area contributed by atoms with Crippen LogP contribution < -0.4 is 5.01 Å². The molecule has 0 N–H and O–H groups in total. The van der Waals surface area contributed by atoms with Crippen molar-refractivity contribution in [1.29, 1.82) is 0 Å². The molecule has 0 saturated heterocycles. The van der Waals surface area contributed by atoms with Crippen molar-refractivity contribution in [2.75, 3.05) is 5.01 Å². The minimum absolute atomic E-state index is 0.0394. The lowest BCUT2D eigenvalue weighted by Crippen LogP contribution is -2.26. The Kier molecular flexibility index (Phi) is 5.77. The average molecular weight is 497 g/mol. The monoisotopic (exact) mass is 497 g/mol. The Morgan fingerprint density at radius 1 is 0.971 bits per heavy atom. The molecule has 184 valence electrons. The van der Waals surface area contributed by atoms with E-state index in [9.17, 15) is 35.5 Å². The van der Waals surface area contributed by atoms with Crippen molar-refractivity contribution in [3.63, 3.8) is 0 Å². The second-order valence-corrected chi connectivity index (χ2v) is 8.05. The highest BCUT2D eigenvalue weighted by molar-refractivity contribution is 6.32. The topological polar surface area (TPSA) is 37.6 Å². The largest absolute Gasteiger partial charge is 0.422 e. The lowest BCUT2D eigenvalue weighted by molar-refractivity contribution is -0.143. The van der Waals surface area contributed by atoms with Crippen LogP contribution in [0.1, 0.15) is 36.2 Å². The number of hydrogen-bond acceptors (Lipinski definition) is 2. The molecule has 1 amide bonds. The maximum absolute atomic E-state index is 14.5. The Labute approximate surface area is 194 Å². The van der Waals surface area contributed by atoms with Gasteiger partial charge in [-0.3, -0.25) is 4.79 Å². The first-order valence-electron chi connectivity index (χ1n) is 10.4. The van der Waals surface area contributed by atoms with E-state index in [0.29, 0.717) is 12.1 Å². The molecule has 0 unspecified atom stereocenters. The average Bonchev–Trinajstić information content (AvgIpc) is 3.20. The summed E-state index contributed by atoms with van der Waals surface area (Å²) in [5, 5.41) is 4.53. The van der Waals surface area contributed by atoms with E-state index in [1.54, 1.807) is 0 Å². The van der Waals surface area contributed by atoms with E-state index in [-0.39, 0.29) is 16.3 Å². The Morgan fingerprint density at radius 2 is 1.57 bits per heavy atom. The highest BCUT2D eigenvalue weighted by Crippen LogP contribution is 2.41. The minimum Gasteiger partial charge on any atom is -0.344 e. The van der Waals surface area contributed by atoms with Crippen molar-refractivity contribution < 1.29 is 35.5 Å². The molecular formula is C24H18F7N3O. The van der Waals surface area contributed by atoms with Crippen LogP contribution in [0.4, 0.5) is 36.4 Å². The predicted molar refractivity (Wildman–Crippen MR) is 117 cm³/mol. The quantitative estimate of drug-likeness (QED) is 0.227. The van der Waals surface area contributed by atoms with E-state index in [1.165, 1.54) is 13.0 Å². The van der Waals surface area contributed by atoms with Gasteiger partial charge in [-0.05, 0) is 39.3 Å². The number of hydrazone groups is 1. The Morgan fingerprint density at radius 3 is 2.11 bits per heavy atom. The van der Waals surface area contributed by atoms with Crippen molar-refractivity contribution in [1.82, 2.24) is 4.57 Å². The number of para-hydroxylation sites is 1. The van der Waals surface area contributed by atoms with E-state index in [2.05, 4.69) is 5.10 Å². The van der Waals surface area contributed by atoms with Gasteiger partial charge in [-0.2, -0.15) is 23.3 Å². The van der Waals surface area contributed by atoms with E-state index >= 15 is 0 Å². The Balaban J connectivity index is 1.88. The van der Waals surface area contributed by atoms with Crippen molar-refractivity contribution in [2.45, 2.75) is 40.4 Å². The number of amides is 1. The van der Waals surface area contributed by atoms with Crippen LogP contribution in [0.15, 0.2) is 28.9 Å². The van der Waals surface area contributed by atoms with Crippen LogP contribution in [0.5, 0.6) is 0 Å². The summed E-state index contributed by atoms with van der Waals surface area (Å²) in [7, 11) is 0. The van der Waals surface area contributed by atoms with Crippen LogP contribution in [0.25, 0.3) is 17.0 Å². The highest BCUT2D eigenvalue weighted by Gasteiger charge is 2.45. The molecule has 4 nitrogen and oxygen atoms in total. The summed E-state index contributed by atoms with van der Waals surface area (Å²) < 4.78 is 98.1. The lowest BCUT2D eigenvalue weighted by Gasteiger charge is -2.18. The first kappa shape index (κ1) is 24.5.